The van der Waals surface area contributed by atoms with E-state index in [0.29, 0.717) is 17.7 Å². The van der Waals surface area contributed by atoms with Crippen molar-refractivity contribution in [1.82, 2.24) is 14.7 Å². The van der Waals surface area contributed by atoms with Gasteiger partial charge in [-0.15, -0.1) is 0 Å². The first-order valence-corrected chi connectivity index (χ1v) is 8.83. The van der Waals surface area contributed by atoms with Crippen molar-refractivity contribution >= 4 is 5.91 Å². The van der Waals surface area contributed by atoms with Gasteiger partial charge in [-0.05, 0) is 56.0 Å². The van der Waals surface area contributed by atoms with Crippen molar-refractivity contribution in [2.24, 2.45) is 5.92 Å². The van der Waals surface area contributed by atoms with E-state index in [2.05, 4.69) is 5.10 Å². The third-order valence-corrected chi connectivity index (χ3v) is 4.94. The number of hydrogen-bond donors (Lipinski definition) is 0. The summed E-state index contributed by atoms with van der Waals surface area (Å²) in [5, 5.41) is 4.45. The van der Waals surface area contributed by atoms with Gasteiger partial charge in [-0.2, -0.15) is 5.10 Å². The molecule has 25 heavy (non-hydrogen) atoms. The fourth-order valence-corrected chi connectivity index (χ4v) is 3.38. The zero-order chi connectivity index (χ0) is 17.4. The van der Waals surface area contributed by atoms with Crippen LogP contribution in [0.1, 0.15) is 35.3 Å². The lowest BCUT2D eigenvalue weighted by Crippen LogP contribution is -2.37. The highest BCUT2D eigenvalue weighted by Gasteiger charge is 2.36. The van der Waals surface area contributed by atoms with Gasteiger partial charge < -0.3 is 9.64 Å². The molecule has 2 aliphatic rings. The second-order valence-corrected chi connectivity index (χ2v) is 6.99. The molecule has 1 saturated heterocycles. The first-order valence-electron chi connectivity index (χ1n) is 8.83. The van der Waals surface area contributed by atoms with Crippen LogP contribution in [0, 0.1) is 18.7 Å². The van der Waals surface area contributed by atoms with Crippen LogP contribution < -0.4 is 0 Å². The minimum atomic E-state index is -0.275. The van der Waals surface area contributed by atoms with E-state index in [9.17, 15) is 9.18 Å². The molecule has 2 fully saturated rings. The molecular formula is C19H22FN3O2. The SMILES string of the molecule is Cc1cc(F)ccc1-n1ccc(C(=O)N(C[C@@H]2CCOC2)C2CC2)n1. The molecule has 132 valence electrons. The molecule has 0 spiro atoms. The van der Waals surface area contributed by atoms with E-state index in [-0.39, 0.29) is 11.7 Å². The van der Waals surface area contributed by atoms with Crippen LogP contribution in [0.25, 0.3) is 5.69 Å². The minimum absolute atomic E-state index is 0.0204. The van der Waals surface area contributed by atoms with Crippen LogP contribution >= 0.6 is 0 Å². The predicted octanol–water partition coefficient (Wildman–Crippen LogP) is 2.96. The smallest absolute Gasteiger partial charge is 0.274 e. The summed E-state index contributed by atoms with van der Waals surface area (Å²) in [6.07, 6.45) is 4.91. The number of benzene rings is 1. The third-order valence-electron chi connectivity index (χ3n) is 4.94. The normalized spacial score (nSPS) is 20.0. The van der Waals surface area contributed by atoms with Crippen LogP contribution in [-0.2, 0) is 4.74 Å². The Morgan fingerprint density at radius 1 is 1.36 bits per heavy atom. The number of rotatable bonds is 5. The van der Waals surface area contributed by atoms with Crippen LogP contribution in [0.3, 0.4) is 0 Å². The molecule has 1 aromatic heterocycles. The molecular weight excluding hydrogens is 321 g/mol. The molecule has 4 rings (SSSR count). The van der Waals surface area contributed by atoms with E-state index in [1.807, 2.05) is 11.8 Å². The Labute approximate surface area is 146 Å². The molecule has 0 N–H and O–H groups in total. The molecule has 0 bridgehead atoms. The topological polar surface area (TPSA) is 47.4 Å². The van der Waals surface area contributed by atoms with Crippen LogP contribution in [0.2, 0.25) is 0 Å². The Kier molecular flexibility index (Phi) is 4.29. The Morgan fingerprint density at radius 3 is 2.88 bits per heavy atom. The average molecular weight is 343 g/mol. The first kappa shape index (κ1) is 16.3. The standard InChI is InChI=1S/C19H22FN3O2/c1-13-10-15(20)2-5-18(13)23-8-6-17(21-23)19(24)22(16-3-4-16)11-14-7-9-25-12-14/h2,5-6,8,10,14,16H,3-4,7,9,11-12H2,1H3/t14-/m0/s1. The largest absolute Gasteiger partial charge is 0.381 e. The van der Waals surface area contributed by atoms with Crippen LogP contribution in [0.5, 0.6) is 0 Å². The average Bonchev–Trinajstić information content (AvgIpc) is 3.09. The third kappa shape index (κ3) is 3.44. The zero-order valence-electron chi connectivity index (χ0n) is 14.3. The van der Waals surface area contributed by atoms with Crippen LogP contribution in [0.15, 0.2) is 30.5 Å². The highest BCUT2D eigenvalue weighted by molar-refractivity contribution is 5.92. The number of hydrogen-bond acceptors (Lipinski definition) is 3. The summed E-state index contributed by atoms with van der Waals surface area (Å²) in [4.78, 5) is 14.9. The summed E-state index contributed by atoms with van der Waals surface area (Å²) in [7, 11) is 0. The van der Waals surface area contributed by atoms with Crippen molar-refractivity contribution in [3.8, 4) is 5.69 Å². The fourth-order valence-electron chi connectivity index (χ4n) is 3.38. The van der Waals surface area contributed by atoms with Gasteiger partial charge >= 0.3 is 0 Å². The van der Waals surface area contributed by atoms with E-state index >= 15 is 0 Å². The van der Waals surface area contributed by atoms with Gasteiger partial charge in [0.05, 0.1) is 12.3 Å². The maximum absolute atomic E-state index is 13.3. The second kappa shape index (κ2) is 6.59. The molecule has 1 aliphatic carbocycles. The number of ether oxygens (including phenoxy) is 1. The number of carbonyl (C=O) groups is 1. The predicted molar refractivity (Wildman–Crippen MR) is 91.2 cm³/mol. The Balaban J connectivity index is 1.54. The van der Waals surface area contributed by atoms with E-state index < -0.39 is 0 Å². The highest BCUT2D eigenvalue weighted by atomic mass is 19.1. The molecule has 1 atom stereocenters. The molecule has 1 amide bonds. The van der Waals surface area contributed by atoms with E-state index in [1.165, 1.54) is 12.1 Å². The number of amides is 1. The van der Waals surface area contributed by atoms with Crippen molar-refractivity contribution in [1.29, 1.82) is 0 Å². The lowest BCUT2D eigenvalue weighted by atomic mass is 10.1. The molecule has 1 aromatic carbocycles. The molecule has 6 heteroatoms. The number of halogens is 1. The van der Waals surface area contributed by atoms with Crippen LogP contribution in [-0.4, -0.2) is 46.4 Å². The molecule has 1 aliphatic heterocycles. The second-order valence-electron chi connectivity index (χ2n) is 6.99. The molecule has 1 saturated carbocycles. The first-order chi connectivity index (χ1) is 12.1. The van der Waals surface area contributed by atoms with Gasteiger partial charge in [-0.1, -0.05) is 0 Å². The molecule has 0 unspecified atom stereocenters. The lowest BCUT2D eigenvalue weighted by molar-refractivity contribution is 0.0700. The zero-order valence-corrected chi connectivity index (χ0v) is 14.3. The lowest BCUT2D eigenvalue weighted by Gasteiger charge is -2.24. The van der Waals surface area contributed by atoms with Crippen molar-refractivity contribution in [3.05, 3.63) is 47.5 Å². The Hall–Kier alpha value is -2.21. The molecule has 2 aromatic rings. The van der Waals surface area contributed by atoms with Gasteiger partial charge in [0.15, 0.2) is 5.69 Å². The minimum Gasteiger partial charge on any atom is -0.381 e. The number of aryl methyl sites for hydroxylation is 1. The van der Waals surface area contributed by atoms with Crippen molar-refractivity contribution in [2.75, 3.05) is 19.8 Å². The summed E-state index contributed by atoms with van der Waals surface area (Å²) in [6, 6.07) is 6.63. The monoisotopic (exact) mass is 343 g/mol. The van der Waals surface area contributed by atoms with Gasteiger partial charge in [-0.25, -0.2) is 9.07 Å². The van der Waals surface area contributed by atoms with Gasteiger partial charge in [0.2, 0.25) is 0 Å². The summed E-state index contributed by atoms with van der Waals surface area (Å²) in [6.45, 7) is 4.10. The molecule has 0 radical (unpaired) electrons. The molecule has 2 heterocycles. The number of aromatic nitrogens is 2. The fraction of sp³-hybridized carbons (Fsp3) is 0.474. The van der Waals surface area contributed by atoms with E-state index in [0.717, 1.165) is 50.3 Å². The van der Waals surface area contributed by atoms with Crippen molar-refractivity contribution in [2.45, 2.75) is 32.2 Å². The van der Waals surface area contributed by atoms with Gasteiger partial charge in [-0.3, -0.25) is 4.79 Å². The van der Waals surface area contributed by atoms with E-state index in [1.54, 1.807) is 23.0 Å². The highest BCUT2D eigenvalue weighted by Crippen LogP contribution is 2.30. The van der Waals surface area contributed by atoms with Crippen molar-refractivity contribution < 1.29 is 13.9 Å². The summed E-state index contributed by atoms with van der Waals surface area (Å²) < 4.78 is 20.4. The summed E-state index contributed by atoms with van der Waals surface area (Å²) >= 11 is 0. The molecule has 5 nitrogen and oxygen atoms in total. The van der Waals surface area contributed by atoms with Crippen molar-refractivity contribution in [3.63, 3.8) is 0 Å². The maximum Gasteiger partial charge on any atom is 0.274 e. The summed E-state index contributed by atoms with van der Waals surface area (Å²) in [5.41, 5.74) is 2.00. The Bertz CT molecular complexity index is 779. The number of nitrogens with zero attached hydrogens (tertiary/aromatic N) is 3. The number of carbonyl (C=O) groups excluding carboxylic acids is 1. The quantitative estimate of drug-likeness (QED) is 0.839. The van der Waals surface area contributed by atoms with Gasteiger partial charge in [0.25, 0.3) is 5.91 Å². The van der Waals surface area contributed by atoms with Gasteiger partial charge in [0, 0.05) is 31.3 Å². The summed E-state index contributed by atoms with van der Waals surface area (Å²) in [5.74, 6) is 0.127. The Morgan fingerprint density at radius 2 is 2.20 bits per heavy atom. The van der Waals surface area contributed by atoms with Gasteiger partial charge in [0.1, 0.15) is 5.82 Å². The maximum atomic E-state index is 13.3. The van der Waals surface area contributed by atoms with Crippen LogP contribution in [0.4, 0.5) is 4.39 Å². The van der Waals surface area contributed by atoms with E-state index in [4.69, 9.17) is 4.74 Å².